The fraction of sp³-hybridized carbons (Fsp3) is 0.364. The van der Waals surface area contributed by atoms with E-state index in [2.05, 4.69) is 20.3 Å². The van der Waals surface area contributed by atoms with Gasteiger partial charge in [0.2, 0.25) is 0 Å². The Balaban J connectivity index is 2.15. The first-order valence-corrected chi connectivity index (χ1v) is 7.61. The molecule has 0 spiro atoms. The second kappa shape index (κ2) is 5.18. The number of sulfonamides is 1. The smallest absolute Gasteiger partial charge is 0.283 e. The highest BCUT2D eigenvalue weighted by Gasteiger charge is 2.13. The lowest BCUT2D eigenvalue weighted by molar-refractivity contribution is 0.535. The van der Waals surface area contributed by atoms with Gasteiger partial charge in [0.15, 0.2) is 0 Å². The van der Waals surface area contributed by atoms with Crippen molar-refractivity contribution in [2.24, 2.45) is 4.40 Å². The van der Waals surface area contributed by atoms with E-state index in [0.29, 0.717) is 0 Å². The molecule has 1 aliphatic heterocycles. The Bertz CT molecular complexity index is 505. The molecule has 1 aromatic rings. The summed E-state index contributed by atoms with van der Waals surface area (Å²) >= 11 is 3.26. The Morgan fingerprint density at radius 3 is 2.35 bits per heavy atom. The van der Waals surface area contributed by atoms with Crippen molar-refractivity contribution in [1.82, 2.24) is 4.90 Å². The molecule has 0 aliphatic carbocycles. The van der Waals surface area contributed by atoms with Gasteiger partial charge in [0.05, 0.1) is 4.90 Å². The molecule has 0 bridgehead atoms. The standard InChI is InChI=1S/C11H13BrN2O2S/c12-10-3-5-11(6-4-10)17(15,16)13-9-14-7-1-2-8-14/h3-6,9H,1-2,7-8H2/b13-9+. The van der Waals surface area contributed by atoms with Crippen LogP contribution in [0.2, 0.25) is 0 Å². The van der Waals surface area contributed by atoms with Gasteiger partial charge in [0.1, 0.15) is 6.34 Å². The molecule has 1 aromatic carbocycles. The average Bonchev–Trinajstić information content (AvgIpc) is 2.80. The summed E-state index contributed by atoms with van der Waals surface area (Å²) < 4.78 is 28.3. The van der Waals surface area contributed by atoms with E-state index in [1.54, 1.807) is 24.3 Å². The van der Waals surface area contributed by atoms with E-state index >= 15 is 0 Å². The molecule has 6 heteroatoms. The predicted molar refractivity (Wildman–Crippen MR) is 70.6 cm³/mol. The van der Waals surface area contributed by atoms with Crippen molar-refractivity contribution in [2.75, 3.05) is 13.1 Å². The van der Waals surface area contributed by atoms with Crippen molar-refractivity contribution in [3.05, 3.63) is 28.7 Å². The zero-order valence-electron chi connectivity index (χ0n) is 9.21. The lowest BCUT2D eigenvalue weighted by atomic mass is 10.4. The van der Waals surface area contributed by atoms with Gasteiger partial charge in [0.25, 0.3) is 10.0 Å². The first kappa shape index (κ1) is 12.6. The fourth-order valence-electron chi connectivity index (χ4n) is 1.65. The lowest BCUT2D eigenvalue weighted by Gasteiger charge is -2.08. The second-order valence-corrected chi connectivity index (χ2v) is 6.44. The Hall–Kier alpha value is -0.880. The lowest BCUT2D eigenvalue weighted by Crippen LogP contribution is -2.17. The molecule has 4 nitrogen and oxygen atoms in total. The number of hydrogen-bond donors (Lipinski definition) is 0. The zero-order valence-corrected chi connectivity index (χ0v) is 11.6. The quantitative estimate of drug-likeness (QED) is 0.635. The third-order valence-corrected chi connectivity index (χ3v) is 4.37. The van der Waals surface area contributed by atoms with Crippen LogP contribution in [0.15, 0.2) is 38.0 Å². The predicted octanol–water partition coefficient (Wildman–Crippen LogP) is 2.26. The summed E-state index contributed by atoms with van der Waals surface area (Å²) in [4.78, 5) is 2.15. The van der Waals surface area contributed by atoms with Gasteiger partial charge in [-0.2, -0.15) is 8.42 Å². The number of benzene rings is 1. The molecule has 1 heterocycles. The zero-order chi connectivity index (χ0) is 12.3. The largest absolute Gasteiger partial charge is 0.362 e. The summed E-state index contributed by atoms with van der Waals surface area (Å²) in [6, 6.07) is 6.47. The third kappa shape index (κ3) is 3.29. The van der Waals surface area contributed by atoms with Crippen LogP contribution in [0.25, 0.3) is 0 Å². The summed E-state index contributed by atoms with van der Waals surface area (Å²) in [5.74, 6) is 0. The van der Waals surface area contributed by atoms with Crippen LogP contribution in [0.1, 0.15) is 12.8 Å². The minimum Gasteiger partial charge on any atom is -0.362 e. The Morgan fingerprint density at radius 2 is 1.76 bits per heavy atom. The Morgan fingerprint density at radius 1 is 1.18 bits per heavy atom. The molecule has 1 fully saturated rings. The number of likely N-dealkylation sites (tertiary alicyclic amines) is 1. The minimum atomic E-state index is -3.56. The molecule has 0 aromatic heterocycles. The van der Waals surface area contributed by atoms with Crippen LogP contribution in [0.5, 0.6) is 0 Å². The molecule has 1 saturated heterocycles. The Kier molecular flexibility index (Phi) is 3.83. The van der Waals surface area contributed by atoms with Crippen LogP contribution >= 0.6 is 15.9 Å². The maximum absolute atomic E-state index is 11.9. The first-order valence-electron chi connectivity index (χ1n) is 5.38. The molecule has 17 heavy (non-hydrogen) atoms. The highest BCUT2D eigenvalue weighted by Crippen LogP contribution is 2.16. The topological polar surface area (TPSA) is 49.7 Å². The number of halogens is 1. The van der Waals surface area contributed by atoms with Crippen molar-refractivity contribution < 1.29 is 8.42 Å². The van der Waals surface area contributed by atoms with Gasteiger partial charge in [0, 0.05) is 17.6 Å². The fourth-order valence-corrected chi connectivity index (χ4v) is 2.78. The molecule has 0 N–H and O–H groups in total. The molecule has 0 unspecified atom stereocenters. The van der Waals surface area contributed by atoms with E-state index in [1.165, 1.54) is 6.34 Å². The highest BCUT2D eigenvalue weighted by molar-refractivity contribution is 9.10. The highest BCUT2D eigenvalue weighted by atomic mass is 79.9. The van der Waals surface area contributed by atoms with E-state index < -0.39 is 10.0 Å². The first-order chi connectivity index (χ1) is 8.08. The van der Waals surface area contributed by atoms with E-state index in [0.717, 1.165) is 30.4 Å². The van der Waals surface area contributed by atoms with Crippen LogP contribution in [0.3, 0.4) is 0 Å². The monoisotopic (exact) mass is 316 g/mol. The Labute approximate surface area is 110 Å². The molecule has 1 aliphatic rings. The molecule has 0 radical (unpaired) electrons. The third-order valence-electron chi connectivity index (χ3n) is 2.60. The number of rotatable bonds is 3. The van der Waals surface area contributed by atoms with Crippen molar-refractivity contribution >= 4 is 32.3 Å². The summed E-state index contributed by atoms with van der Waals surface area (Å²) in [5.41, 5.74) is 0. The maximum Gasteiger partial charge on any atom is 0.283 e. The summed E-state index contributed by atoms with van der Waals surface area (Å²) in [5, 5.41) is 0. The van der Waals surface area contributed by atoms with Gasteiger partial charge in [-0.3, -0.25) is 0 Å². The molecular formula is C11H13BrN2O2S. The summed E-state index contributed by atoms with van der Waals surface area (Å²) in [7, 11) is -3.56. The van der Waals surface area contributed by atoms with Crippen molar-refractivity contribution in [3.8, 4) is 0 Å². The molecule has 0 amide bonds. The van der Waals surface area contributed by atoms with Gasteiger partial charge < -0.3 is 4.90 Å². The average molecular weight is 317 g/mol. The van der Waals surface area contributed by atoms with Crippen molar-refractivity contribution in [1.29, 1.82) is 0 Å². The van der Waals surface area contributed by atoms with Crippen LogP contribution in [0.4, 0.5) is 0 Å². The maximum atomic E-state index is 11.9. The molecular weight excluding hydrogens is 304 g/mol. The van der Waals surface area contributed by atoms with E-state index in [4.69, 9.17) is 0 Å². The second-order valence-electron chi connectivity index (χ2n) is 3.89. The van der Waals surface area contributed by atoms with E-state index in [9.17, 15) is 8.42 Å². The van der Waals surface area contributed by atoms with Crippen LogP contribution in [-0.2, 0) is 10.0 Å². The van der Waals surface area contributed by atoms with Gasteiger partial charge in [-0.15, -0.1) is 4.40 Å². The van der Waals surface area contributed by atoms with Gasteiger partial charge in [-0.05, 0) is 37.1 Å². The van der Waals surface area contributed by atoms with Gasteiger partial charge in [-0.25, -0.2) is 0 Å². The molecule has 0 saturated carbocycles. The minimum absolute atomic E-state index is 0.219. The summed E-state index contributed by atoms with van der Waals surface area (Å²) in [6.45, 7) is 1.78. The van der Waals surface area contributed by atoms with Gasteiger partial charge >= 0.3 is 0 Å². The van der Waals surface area contributed by atoms with Crippen LogP contribution < -0.4 is 0 Å². The molecule has 92 valence electrons. The van der Waals surface area contributed by atoms with Crippen molar-refractivity contribution in [2.45, 2.75) is 17.7 Å². The molecule has 0 atom stereocenters. The van der Waals surface area contributed by atoms with E-state index in [-0.39, 0.29) is 4.90 Å². The normalized spacial score (nSPS) is 16.9. The van der Waals surface area contributed by atoms with Crippen LogP contribution in [0, 0.1) is 0 Å². The van der Waals surface area contributed by atoms with Crippen LogP contribution in [-0.4, -0.2) is 32.7 Å². The number of hydrogen-bond acceptors (Lipinski definition) is 2. The summed E-state index contributed by atoms with van der Waals surface area (Å²) in [6.07, 6.45) is 3.64. The van der Waals surface area contributed by atoms with Crippen molar-refractivity contribution in [3.63, 3.8) is 0 Å². The number of nitrogens with zero attached hydrogens (tertiary/aromatic N) is 2. The van der Waals surface area contributed by atoms with Gasteiger partial charge in [-0.1, -0.05) is 15.9 Å². The molecule has 2 rings (SSSR count). The van der Waals surface area contributed by atoms with E-state index in [1.807, 2.05) is 4.90 Å². The SMILES string of the molecule is O=S(=O)(/N=C/N1CCCC1)c1ccc(Br)cc1.